The van der Waals surface area contributed by atoms with Crippen molar-refractivity contribution >= 4 is 15.7 Å². The van der Waals surface area contributed by atoms with Crippen LogP contribution in [0.4, 0.5) is 5.69 Å². The molecule has 0 bridgehead atoms. The molecular weight excluding hydrogens is 264 g/mol. The van der Waals surface area contributed by atoms with Crippen molar-refractivity contribution in [3.05, 3.63) is 18.3 Å². The van der Waals surface area contributed by atoms with Crippen molar-refractivity contribution in [2.45, 2.75) is 18.9 Å². The number of aromatic nitrogens is 1. The average molecular weight is 286 g/mol. The van der Waals surface area contributed by atoms with Gasteiger partial charge < -0.3 is 10.6 Å². The minimum Gasteiger partial charge on any atom is -0.396 e. The molecule has 0 spiro atoms. The molecule has 0 saturated carbocycles. The number of nitrogens with zero attached hydrogens (tertiary/aromatic N) is 2. The van der Waals surface area contributed by atoms with Crippen LogP contribution in [-0.4, -0.2) is 45.5 Å². The van der Waals surface area contributed by atoms with E-state index in [1.165, 1.54) is 12.3 Å². The molecular formula is C12H22N4O2S. The first-order valence-corrected chi connectivity index (χ1v) is 7.47. The quantitative estimate of drug-likeness (QED) is 0.796. The maximum absolute atomic E-state index is 12.1. The maximum Gasteiger partial charge on any atom is 0.260 e. The molecule has 108 valence electrons. The van der Waals surface area contributed by atoms with Gasteiger partial charge in [-0.3, -0.25) is 0 Å². The van der Waals surface area contributed by atoms with Crippen molar-refractivity contribution in [2.75, 3.05) is 32.9 Å². The van der Waals surface area contributed by atoms with Crippen LogP contribution in [0.5, 0.6) is 0 Å². The second kappa shape index (κ2) is 5.85. The normalized spacial score (nSPS) is 12.9. The highest BCUT2D eigenvalue weighted by Crippen LogP contribution is 2.18. The Labute approximate surface area is 115 Å². The van der Waals surface area contributed by atoms with E-state index >= 15 is 0 Å². The van der Waals surface area contributed by atoms with Gasteiger partial charge >= 0.3 is 0 Å². The van der Waals surface area contributed by atoms with Gasteiger partial charge in [0.05, 0.1) is 5.69 Å². The van der Waals surface area contributed by atoms with Crippen LogP contribution in [0.2, 0.25) is 0 Å². The minimum atomic E-state index is -3.66. The van der Waals surface area contributed by atoms with Gasteiger partial charge in [-0.05, 0) is 31.6 Å². The highest BCUT2D eigenvalue weighted by molar-refractivity contribution is 7.89. The van der Waals surface area contributed by atoms with Gasteiger partial charge in [0.2, 0.25) is 0 Å². The number of anilines is 1. The molecule has 0 fully saturated rings. The van der Waals surface area contributed by atoms with E-state index in [9.17, 15) is 8.42 Å². The number of nitrogens with one attached hydrogen (secondary N) is 1. The fourth-order valence-corrected chi connectivity index (χ4v) is 3.19. The number of hydrogen-bond donors (Lipinski definition) is 2. The summed E-state index contributed by atoms with van der Waals surface area (Å²) in [7, 11) is 0.238. The van der Waals surface area contributed by atoms with E-state index in [1.807, 2.05) is 32.8 Å². The molecule has 3 N–H and O–H groups in total. The predicted octanol–water partition coefficient (Wildman–Crippen LogP) is 0.530. The van der Waals surface area contributed by atoms with Crippen molar-refractivity contribution in [3.8, 4) is 0 Å². The number of hydrogen-bond acceptors (Lipinski definition) is 5. The summed E-state index contributed by atoms with van der Waals surface area (Å²) in [4.78, 5) is 5.84. The monoisotopic (exact) mass is 286 g/mol. The Hall–Kier alpha value is -1.18. The van der Waals surface area contributed by atoms with E-state index in [-0.39, 0.29) is 16.1 Å². The number of rotatable bonds is 6. The van der Waals surface area contributed by atoms with Gasteiger partial charge in [0.1, 0.15) is 0 Å². The zero-order valence-corrected chi connectivity index (χ0v) is 12.7. The molecule has 0 aliphatic heterocycles. The molecule has 1 rings (SSSR count). The number of nitrogen functional groups attached to an aromatic ring is 1. The van der Waals surface area contributed by atoms with Gasteiger partial charge in [-0.1, -0.05) is 13.8 Å². The highest BCUT2D eigenvalue weighted by Gasteiger charge is 2.24. The largest absolute Gasteiger partial charge is 0.396 e. The Morgan fingerprint density at radius 3 is 2.58 bits per heavy atom. The van der Waals surface area contributed by atoms with Crippen LogP contribution in [0.3, 0.4) is 0 Å². The predicted molar refractivity (Wildman–Crippen MR) is 76.2 cm³/mol. The lowest BCUT2D eigenvalue weighted by atomic mass is 9.93. The maximum atomic E-state index is 12.1. The van der Waals surface area contributed by atoms with Crippen LogP contribution in [-0.2, 0) is 10.0 Å². The molecule has 6 nitrogen and oxygen atoms in total. The molecule has 0 saturated heterocycles. The molecule has 0 aliphatic carbocycles. The van der Waals surface area contributed by atoms with Gasteiger partial charge in [0.25, 0.3) is 10.0 Å². The third-order valence-electron chi connectivity index (χ3n) is 2.54. The van der Waals surface area contributed by atoms with E-state index in [4.69, 9.17) is 5.73 Å². The van der Waals surface area contributed by atoms with Gasteiger partial charge in [0, 0.05) is 19.3 Å². The van der Waals surface area contributed by atoms with Gasteiger partial charge in [-0.25, -0.2) is 18.1 Å². The lowest BCUT2D eigenvalue weighted by Crippen LogP contribution is -2.40. The summed E-state index contributed by atoms with van der Waals surface area (Å²) < 4.78 is 26.8. The molecule has 0 aliphatic rings. The van der Waals surface area contributed by atoms with Crippen LogP contribution in [0, 0.1) is 5.41 Å². The Bertz CT molecular complexity index is 526. The van der Waals surface area contributed by atoms with E-state index < -0.39 is 10.0 Å². The van der Waals surface area contributed by atoms with Gasteiger partial charge in [-0.2, -0.15) is 0 Å². The van der Waals surface area contributed by atoms with Crippen LogP contribution < -0.4 is 10.5 Å². The molecule has 0 atom stereocenters. The molecule has 1 aromatic rings. The van der Waals surface area contributed by atoms with Gasteiger partial charge in [0.15, 0.2) is 5.03 Å². The van der Waals surface area contributed by atoms with Crippen LogP contribution in [0.15, 0.2) is 23.4 Å². The fraction of sp³-hybridized carbons (Fsp3) is 0.583. The summed E-state index contributed by atoms with van der Waals surface area (Å²) in [5.41, 5.74) is 5.61. The molecule has 0 unspecified atom stereocenters. The van der Waals surface area contributed by atoms with E-state index in [0.717, 1.165) is 6.54 Å². The summed E-state index contributed by atoms with van der Waals surface area (Å²) in [5, 5.41) is -0.115. The van der Waals surface area contributed by atoms with Gasteiger partial charge in [-0.15, -0.1) is 0 Å². The first-order chi connectivity index (χ1) is 8.64. The van der Waals surface area contributed by atoms with Crippen molar-refractivity contribution < 1.29 is 8.42 Å². The lowest BCUT2D eigenvalue weighted by molar-refractivity contribution is 0.242. The Kier molecular flexibility index (Phi) is 4.89. The first kappa shape index (κ1) is 15.9. The van der Waals surface area contributed by atoms with Crippen molar-refractivity contribution in [1.82, 2.24) is 14.6 Å². The third-order valence-corrected chi connectivity index (χ3v) is 3.91. The standard InChI is InChI=1S/C12H22N4O2S/c1-12(2,9-16(3)4)8-15-19(17,18)11-10(13)6-5-7-14-11/h5-7,15H,8-9,13H2,1-4H3. The van der Waals surface area contributed by atoms with Crippen LogP contribution in [0.25, 0.3) is 0 Å². The molecule has 1 aromatic heterocycles. The van der Waals surface area contributed by atoms with Crippen LogP contribution >= 0.6 is 0 Å². The summed E-state index contributed by atoms with van der Waals surface area (Å²) in [6.07, 6.45) is 1.41. The Balaban J connectivity index is 2.80. The number of pyridine rings is 1. The second-order valence-electron chi connectivity index (χ2n) is 5.62. The van der Waals surface area contributed by atoms with Crippen LogP contribution in [0.1, 0.15) is 13.8 Å². The molecule has 1 heterocycles. The summed E-state index contributed by atoms with van der Waals surface area (Å²) in [6, 6.07) is 3.12. The van der Waals surface area contributed by atoms with Crippen molar-refractivity contribution in [3.63, 3.8) is 0 Å². The SMILES string of the molecule is CN(C)CC(C)(C)CNS(=O)(=O)c1ncccc1N. The zero-order chi connectivity index (χ0) is 14.7. The Morgan fingerprint density at radius 1 is 1.42 bits per heavy atom. The topological polar surface area (TPSA) is 88.3 Å². The van der Waals surface area contributed by atoms with Crippen molar-refractivity contribution in [2.24, 2.45) is 5.41 Å². The first-order valence-electron chi connectivity index (χ1n) is 5.99. The Morgan fingerprint density at radius 2 is 2.05 bits per heavy atom. The highest BCUT2D eigenvalue weighted by atomic mass is 32.2. The number of nitrogens with two attached hydrogens (primary N) is 1. The van der Waals surface area contributed by atoms with Crippen molar-refractivity contribution in [1.29, 1.82) is 0 Å². The summed E-state index contributed by atoms with van der Waals surface area (Å²) >= 11 is 0. The molecule has 0 radical (unpaired) electrons. The lowest BCUT2D eigenvalue weighted by Gasteiger charge is -2.28. The summed E-state index contributed by atoms with van der Waals surface area (Å²) in [6.45, 7) is 5.09. The van der Waals surface area contributed by atoms with E-state index in [0.29, 0.717) is 6.54 Å². The smallest absolute Gasteiger partial charge is 0.260 e. The number of sulfonamides is 1. The zero-order valence-electron chi connectivity index (χ0n) is 11.8. The minimum absolute atomic E-state index is 0.115. The molecule has 0 aromatic carbocycles. The van der Waals surface area contributed by atoms with E-state index in [2.05, 4.69) is 9.71 Å². The van der Waals surface area contributed by atoms with E-state index in [1.54, 1.807) is 6.07 Å². The average Bonchev–Trinajstić information content (AvgIpc) is 2.25. The fourth-order valence-electron chi connectivity index (χ4n) is 1.90. The third kappa shape index (κ3) is 4.77. The second-order valence-corrected chi connectivity index (χ2v) is 7.31. The summed E-state index contributed by atoms with van der Waals surface area (Å²) in [5.74, 6) is 0. The molecule has 7 heteroatoms. The molecule has 0 amide bonds. The molecule has 19 heavy (non-hydrogen) atoms.